The Morgan fingerprint density at radius 1 is 1.17 bits per heavy atom. The Labute approximate surface area is 175 Å². The molecule has 1 aliphatic rings. The molecule has 0 aliphatic carbocycles. The summed E-state index contributed by atoms with van der Waals surface area (Å²) in [5.74, 6) is 0.159. The Kier molecular flexibility index (Phi) is 5.90. The third-order valence-corrected chi connectivity index (χ3v) is 5.85. The summed E-state index contributed by atoms with van der Waals surface area (Å²) in [7, 11) is 0. The van der Waals surface area contributed by atoms with E-state index in [0.717, 1.165) is 40.7 Å². The smallest absolute Gasteiger partial charge is 0.287 e. The van der Waals surface area contributed by atoms with Crippen LogP contribution in [0.5, 0.6) is 0 Å². The summed E-state index contributed by atoms with van der Waals surface area (Å²) in [6, 6.07) is 13.8. The SMILES string of the molecule is Cc1ccc2c(C)c(C(=O)NC[C@H](c3ccccc3Cl)N3CCOCC3)oc2c1. The van der Waals surface area contributed by atoms with E-state index in [-0.39, 0.29) is 11.9 Å². The summed E-state index contributed by atoms with van der Waals surface area (Å²) in [6.45, 7) is 7.33. The lowest BCUT2D eigenvalue weighted by Crippen LogP contribution is -2.44. The number of hydrogen-bond donors (Lipinski definition) is 1. The highest BCUT2D eigenvalue weighted by Gasteiger charge is 2.26. The first-order chi connectivity index (χ1) is 14.0. The monoisotopic (exact) mass is 412 g/mol. The second kappa shape index (κ2) is 8.57. The number of furan rings is 1. The first kappa shape index (κ1) is 20.0. The van der Waals surface area contributed by atoms with Crippen LogP contribution in [0.15, 0.2) is 46.9 Å². The molecule has 0 unspecified atom stereocenters. The van der Waals surface area contributed by atoms with Gasteiger partial charge >= 0.3 is 0 Å². The molecule has 1 N–H and O–H groups in total. The lowest BCUT2D eigenvalue weighted by molar-refractivity contribution is 0.0162. The molecule has 0 bridgehead atoms. The van der Waals surface area contributed by atoms with Gasteiger partial charge in [0.1, 0.15) is 5.58 Å². The molecule has 29 heavy (non-hydrogen) atoms. The Hall–Kier alpha value is -2.34. The molecule has 6 heteroatoms. The van der Waals surface area contributed by atoms with Crippen molar-refractivity contribution in [3.63, 3.8) is 0 Å². The van der Waals surface area contributed by atoms with Crippen LogP contribution in [-0.4, -0.2) is 43.7 Å². The average molecular weight is 413 g/mol. The van der Waals surface area contributed by atoms with Gasteiger partial charge in [0.05, 0.1) is 19.3 Å². The lowest BCUT2D eigenvalue weighted by atomic mass is 10.0. The molecule has 1 aromatic heterocycles. The molecule has 1 amide bonds. The molecule has 1 aliphatic heterocycles. The zero-order valence-corrected chi connectivity index (χ0v) is 17.5. The molecule has 4 rings (SSSR count). The fraction of sp³-hybridized carbons (Fsp3) is 0.348. The van der Waals surface area contributed by atoms with Crippen LogP contribution in [0.3, 0.4) is 0 Å². The van der Waals surface area contributed by atoms with Crippen LogP contribution in [0.25, 0.3) is 11.0 Å². The minimum Gasteiger partial charge on any atom is -0.451 e. The summed E-state index contributed by atoms with van der Waals surface area (Å²) in [5.41, 5.74) is 3.71. The van der Waals surface area contributed by atoms with Crippen LogP contribution < -0.4 is 5.32 Å². The standard InChI is InChI=1S/C23H25ClN2O3/c1-15-7-8-17-16(2)22(29-21(17)13-15)23(27)25-14-20(26-9-11-28-12-10-26)18-5-3-4-6-19(18)24/h3-8,13,20H,9-12,14H2,1-2H3,(H,25,27)/t20-/m1/s1. The van der Waals surface area contributed by atoms with Gasteiger partial charge in [0.2, 0.25) is 0 Å². The lowest BCUT2D eigenvalue weighted by Gasteiger charge is -2.35. The van der Waals surface area contributed by atoms with E-state index in [2.05, 4.69) is 10.2 Å². The van der Waals surface area contributed by atoms with Gasteiger partial charge in [-0.25, -0.2) is 0 Å². The Morgan fingerprint density at radius 3 is 2.69 bits per heavy atom. The van der Waals surface area contributed by atoms with Crippen molar-refractivity contribution in [1.82, 2.24) is 10.2 Å². The molecule has 3 aromatic rings. The van der Waals surface area contributed by atoms with Crippen LogP contribution >= 0.6 is 11.6 Å². The summed E-state index contributed by atoms with van der Waals surface area (Å²) in [5, 5.41) is 4.74. The molecular formula is C23H25ClN2O3. The molecule has 1 saturated heterocycles. The number of carbonyl (C=O) groups is 1. The zero-order valence-electron chi connectivity index (χ0n) is 16.7. The maximum absolute atomic E-state index is 12.9. The van der Waals surface area contributed by atoms with Gasteiger partial charge in [-0.15, -0.1) is 0 Å². The van der Waals surface area contributed by atoms with Crippen molar-refractivity contribution in [3.8, 4) is 0 Å². The number of morpholine rings is 1. The zero-order chi connectivity index (χ0) is 20.4. The van der Waals surface area contributed by atoms with Crippen molar-refractivity contribution in [2.24, 2.45) is 0 Å². The molecule has 2 heterocycles. The average Bonchev–Trinajstić information content (AvgIpc) is 3.06. The van der Waals surface area contributed by atoms with E-state index in [4.69, 9.17) is 20.8 Å². The predicted octanol–water partition coefficient (Wildman–Crippen LogP) is 4.51. The van der Waals surface area contributed by atoms with Gasteiger partial charge in [0.25, 0.3) is 5.91 Å². The van der Waals surface area contributed by atoms with E-state index in [0.29, 0.717) is 30.5 Å². The molecule has 0 radical (unpaired) electrons. The van der Waals surface area contributed by atoms with E-state index in [1.165, 1.54) is 0 Å². The van der Waals surface area contributed by atoms with Gasteiger partial charge in [-0.05, 0) is 37.1 Å². The summed E-state index contributed by atoms with van der Waals surface area (Å²) >= 11 is 6.47. The highest BCUT2D eigenvalue weighted by molar-refractivity contribution is 6.31. The highest BCUT2D eigenvalue weighted by Crippen LogP contribution is 2.29. The summed E-state index contributed by atoms with van der Waals surface area (Å²) < 4.78 is 11.4. The Balaban J connectivity index is 1.56. The maximum atomic E-state index is 12.9. The Morgan fingerprint density at radius 2 is 1.93 bits per heavy atom. The molecule has 2 aromatic carbocycles. The largest absolute Gasteiger partial charge is 0.451 e. The van der Waals surface area contributed by atoms with Gasteiger partial charge < -0.3 is 14.5 Å². The predicted molar refractivity (Wildman–Crippen MR) is 115 cm³/mol. The minimum absolute atomic E-state index is 0.0246. The molecule has 0 spiro atoms. The molecule has 1 atom stereocenters. The molecule has 152 valence electrons. The van der Waals surface area contributed by atoms with Crippen molar-refractivity contribution >= 4 is 28.5 Å². The van der Waals surface area contributed by atoms with Crippen molar-refractivity contribution in [3.05, 3.63) is 69.9 Å². The number of carbonyl (C=O) groups excluding carboxylic acids is 1. The van der Waals surface area contributed by atoms with Gasteiger partial charge in [0, 0.05) is 35.6 Å². The number of benzene rings is 2. The van der Waals surface area contributed by atoms with Crippen molar-refractivity contribution in [2.45, 2.75) is 19.9 Å². The molecule has 5 nitrogen and oxygen atoms in total. The number of amides is 1. The number of nitrogens with one attached hydrogen (secondary N) is 1. The van der Waals surface area contributed by atoms with Gasteiger partial charge in [-0.2, -0.15) is 0 Å². The third kappa shape index (κ3) is 4.17. The summed E-state index contributed by atoms with van der Waals surface area (Å²) in [4.78, 5) is 15.2. The van der Waals surface area contributed by atoms with Crippen LogP contribution in [0.1, 0.15) is 33.3 Å². The topological polar surface area (TPSA) is 54.7 Å². The maximum Gasteiger partial charge on any atom is 0.287 e. The quantitative estimate of drug-likeness (QED) is 0.670. The number of rotatable bonds is 5. The third-order valence-electron chi connectivity index (χ3n) is 5.51. The fourth-order valence-corrected chi connectivity index (χ4v) is 4.15. The summed E-state index contributed by atoms with van der Waals surface area (Å²) in [6.07, 6.45) is 0. The molecule has 0 saturated carbocycles. The van der Waals surface area contributed by atoms with Crippen LogP contribution in [-0.2, 0) is 4.74 Å². The van der Waals surface area contributed by atoms with E-state index >= 15 is 0 Å². The second-order valence-electron chi connectivity index (χ2n) is 7.45. The molecule has 1 fully saturated rings. The van der Waals surface area contributed by atoms with Crippen LogP contribution in [0.2, 0.25) is 5.02 Å². The van der Waals surface area contributed by atoms with Crippen LogP contribution in [0, 0.1) is 13.8 Å². The van der Waals surface area contributed by atoms with E-state index in [1.807, 2.05) is 56.3 Å². The normalized spacial score (nSPS) is 16.1. The minimum atomic E-state index is -0.207. The van der Waals surface area contributed by atoms with Gasteiger partial charge in [-0.3, -0.25) is 9.69 Å². The van der Waals surface area contributed by atoms with Crippen molar-refractivity contribution < 1.29 is 13.9 Å². The van der Waals surface area contributed by atoms with E-state index in [9.17, 15) is 4.79 Å². The number of ether oxygens (including phenoxy) is 1. The second-order valence-corrected chi connectivity index (χ2v) is 7.86. The number of hydrogen-bond acceptors (Lipinski definition) is 4. The first-order valence-corrected chi connectivity index (χ1v) is 10.3. The van der Waals surface area contributed by atoms with Gasteiger partial charge in [-0.1, -0.05) is 41.9 Å². The number of aryl methyl sites for hydroxylation is 2. The first-order valence-electron chi connectivity index (χ1n) is 9.89. The number of halogens is 1. The molecular weight excluding hydrogens is 388 g/mol. The van der Waals surface area contributed by atoms with Crippen LogP contribution in [0.4, 0.5) is 0 Å². The van der Waals surface area contributed by atoms with Crippen molar-refractivity contribution in [2.75, 3.05) is 32.8 Å². The number of nitrogens with zero attached hydrogens (tertiary/aromatic N) is 1. The van der Waals surface area contributed by atoms with E-state index < -0.39 is 0 Å². The fourth-order valence-electron chi connectivity index (χ4n) is 3.89. The highest BCUT2D eigenvalue weighted by atomic mass is 35.5. The number of fused-ring (bicyclic) bond motifs is 1. The van der Waals surface area contributed by atoms with Gasteiger partial charge in [0.15, 0.2) is 5.76 Å². The van der Waals surface area contributed by atoms with Crippen molar-refractivity contribution in [1.29, 1.82) is 0 Å². The van der Waals surface area contributed by atoms with E-state index in [1.54, 1.807) is 0 Å². The Bertz CT molecular complexity index is 1020.